The average molecular weight is 227 g/mol. The van der Waals surface area contributed by atoms with Crippen LogP contribution in [-0.4, -0.2) is 35.9 Å². The van der Waals surface area contributed by atoms with Gasteiger partial charge in [-0.25, -0.2) is 4.98 Å². The Kier molecular flexibility index (Phi) is 4.55. The van der Waals surface area contributed by atoms with Crippen molar-refractivity contribution in [3.63, 3.8) is 0 Å². The van der Waals surface area contributed by atoms with Crippen LogP contribution in [0.2, 0.25) is 0 Å². The maximum absolute atomic E-state index is 11.7. The number of carbonyl (C=O) groups excluding carboxylic acids is 1. The van der Waals surface area contributed by atoms with E-state index in [0.29, 0.717) is 6.42 Å². The number of nitrogens with one attached hydrogen (secondary N) is 1. The van der Waals surface area contributed by atoms with Gasteiger partial charge in [-0.05, 0) is 13.8 Å². The number of hydrogen-bond donors (Lipinski definition) is 1. The maximum atomic E-state index is 11.7. The van der Waals surface area contributed by atoms with E-state index in [-0.39, 0.29) is 5.91 Å². The van der Waals surface area contributed by atoms with Crippen molar-refractivity contribution in [2.24, 2.45) is 0 Å². The van der Waals surface area contributed by atoms with E-state index in [4.69, 9.17) is 0 Å². The van der Waals surface area contributed by atoms with Crippen LogP contribution in [0.15, 0.2) is 5.38 Å². The van der Waals surface area contributed by atoms with Gasteiger partial charge in [0, 0.05) is 25.5 Å². The fourth-order valence-corrected chi connectivity index (χ4v) is 2.02. The molecule has 0 spiro atoms. The van der Waals surface area contributed by atoms with Gasteiger partial charge < -0.3 is 10.2 Å². The topological polar surface area (TPSA) is 45.2 Å². The second kappa shape index (κ2) is 5.70. The quantitative estimate of drug-likeness (QED) is 0.831. The molecule has 0 unspecified atom stereocenters. The van der Waals surface area contributed by atoms with Crippen molar-refractivity contribution in [1.82, 2.24) is 9.88 Å². The minimum absolute atomic E-state index is 0.146. The standard InChI is InChI=1S/C10H17N3OS/c1-4-13(5-2)9(14)6-8-7-15-10(11-3)12-8/h7H,4-6H2,1-3H3,(H,11,12). The van der Waals surface area contributed by atoms with Crippen molar-refractivity contribution < 1.29 is 4.79 Å². The van der Waals surface area contributed by atoms with Gasteiger partial charge in [0.15, 0.2) is 5.13 Å². The Morgan fingerprint density at radius 3 is 2.67 bits per heavy atom. The number of thiazole rings is 1. The normalized spacial score (nSPS) is 10.1. The highest BCUT2D eigenvalue weighted by Gasteiger charge is 2.12. The Balaban J connectivity index is 2.57. The highest BCUT2D eigenvalue weighted by atomic mass is 32.1. The number of hydrogen-bond acceptors (Lipinski definition) is 4. The van der Waals surface area contributed by atoms with Gasteiger partial charge in [-0.15, -0.1) is 11.3 Å². The van der Waals surface area contributed by atoms with Gasteiger partial charge in [-0.3, -0.25) is 4.79 Å². The summed E-state index contributed by atoms with van der Waals surface area (Å²) >= 11 is 1.53. The third kappa shape index (κ3) is 3.20. The van der Waals surface area contributed by atoms with Crippen LogP contribution in [0.3, 0.4) is 0 Å². The average Bonchev–Trinajstić information content (AvgIpc) is 2.67. The Morgan fingerprint density at radius 2 is 2.20 bits per heavy atom. The van der Waals surface area contributed by atoms with E-state index in [2.05, 4.69) is 10.3 Å². The van der Waals surface area contributed by atoms with E-state index in [1.807, 2.05) is 31.2 Å². The van der Waals surface area contributed by atoms with E-state index in [1.165, 1.54) is 11.3 Å². The van der Waals surface area contributed by atoms with Crippen molar-refractivity contribution in [3.8, 4) is 0 Å². The molecule has 0 saturated heterocycles. The Labute approximate surface area is 94.3 Å². The van der Waals surface area contributed by atoms with Crippen LogP contribution in [0.1, 0.15) is 19.5 Å². The molecule has 0 aromatic carbocycles. The molecule has 0 saturated carbocycles. The molecule has 0 radical (unpaired) electrons. The van der Waals surface area contributed by atoms with Crippen LogP contribution >= 0.6 is 11.3 Å². The number of amides is 1. The smallest absolute Gasteiger partial charge is 0.228 e. The number of aromatic nitrogens is 1. The molecule has 1 aromatic heterocycles. The third-order valence-corrected chi connectivity index (χ3v) is 3.12. The summed E-state index contributed by atoms with van der Waals surface area (Å²) in [4.78, 5) is 17.8. The summed E-state index contributed by atoms with van der Waals surface area (Å²) in [5.74, 6) is 0.146. The molecule has 4 nitrogen and oxygen atoms in total. The van der Waals surface area contributed by atoms with Gasteiger partial charge in [0.2, 0.25) is 5.91 Å². The third-order valence-electron chi connectivity index (χ3n) is 2.21. The molecular formula is C10H17N3OS. The number of anilines is 1. The summed E-state index contributed by atoms with van der Waals surface area (Å²) in [5, 5.41) is 5.74. The maximum Gasteiger partial charge on any atom is 0.228 e. The molecule has 0 atom stereocenters. The van der Waals surface area contributed by atoms with Crippen LogP contribution in [0.4, 0.5) is 5.13 Å². The van der Waals surface area contributed by atoms with Crippen molar-refractivity contribution in [3.05, 3.63) is 11.1 Å². The first-order valence-corrected chi connectivity index (χ1v) is 5.99. The Bertz CT molecular complexity index is 320. The minimum atomic E-state index is 0.146. The lowest BCUT2D eigenvalue weighted by Gasteiger charge is -2.17. The van der Waals surface area contributed by atoms with Crippen molar-refractivity contribution in [2.45, 2.75) is 20.3 Å². The molecule has 15 heavy (non-hydrogen) atoms. The largest absolute Gasteiger partial charge is 0.365 e. The number of likely N-dealkylation sites (N-methyl/N-ethyl adjacent to an activating group) is 1. The molecule has 0 aliphatic rings. The highest BCUT2D eigenvalue weighted by molar-refractivity contribution is 7.13. The molecule has 1 rings (SSSR count). The van der Waals surface area contributed by atoms with Gasteiger partial charge in [0.05, 0.1) is 12.1 Å². The molecule has 0 aliphatic carbocycles. The predicted molar refractivity (Wildman–Crippen MR) is 63.3 cm³/mol. The van der Waals surface area contributed by atoms with Crippen LogP contribution < -0.4 is 5.32 Å². The van der Waals surface area contributed by atoms with E-state index in [0.717, 1.165) is 23.9 Å². The monoisotopic (exact) mass is 227 g/mol. The van der Waals surface area contributed by atoms with Crippen molar-refractivity contribution in [2.75, 3.05) is 25.5 Å². The second-order valence-corrected chi connectivity index (χ2v) is 3.99. The Morgan fingerprint density at radius 1 is 1.53 bits per heavy atom. The SMILES string of the molecule is CCN(CC)C(=O)Cc1csc(NC)n1. The zero-order valence-electron chi connectivity index (χ0n) is 9.41. The number of nitrogens with zero attached hydrogens (tertiary/aromatic N) is 2. The van der Waals surface area contributed by atoms with E-state index < -0.39 is 0 Å². The number of rotatable bonds is 5. The summed E-state index contributed by atoms with van der Waals surface area (Å²) in [6.45, 7) is 5.50. The fraction of sp³-hybridized carbons (Fsp3) is 0.600. The lowest BCUT2D eigenvalue weighted by atomic mass is 10.3. The highest BCUT2D eigenvalue weighted by Crippen LogP contribution is 2.15. The molecule has 1 amide bonds. The number of carbonyl (C=O) groups is 1. The molecule has 1 N–H and O–H groups in total. The van der Waals surface area contributed by atoms with Gasteiger partial charge in [-0.1, -0.05) is 0 Å². The first kappa shape index (κ1) is 12.0. The molecular weight excluding hydrogens is 210 g/mol. The first-order valence-electron chi connectivity index (χ1n) is 5.11. The molecule has 5 heteroatoms. The Hall–Kier alpha value is -1.10. The van der Waals surface area contributed by atoms with Gasteiger partial charge in [0.1, 0.15) is 0 Å². The van der Waals surface area contributed by atoms with E-state index >= 15 is 0 Å². The summed E-state index contributed by atoms with van der Waals surface area (Å²) in [5.41, 5.74) is 0.848. The van der Waals surface area contributed by atoms with E-state index in [1.54, 1.807) is 0 Å². The molecule has 84 valence electrons. The lowest BCUT2D eigenvalue weighted by Crippen LogP contribution is -2.31. The molecule has 1 aromatic rings. The summed E-state index contributed by atoms with van der Waals surface area (Å²) in [6, 6.07) is 0. The summed E-state index contributed by atoms with van der Waals surface area (Å²) < 4.78 is 0. The van der Waals surface area contributed by atoms with Crippen LogP contribution in [0.25, 0.3) is 0 Å². The second-order valence-electron chi connectivity index (χ2n) is 3.14. The molecule has 1 heterocycles. The summed E-state index contributed by atoms with van der Waals surface area (Å²) in [7, 11) is 1.83. The zero-order valence-corrected chi connectivity index (χ0v) is 10.2. The lowest BCUT2D eigenvalue weighted by molar-refractivity contribution is -0.130. The van der Waals surface area contributed by atoms with Crippen molar-refractivity contribution in [1.29, 1.82) is 0 Å². The first-order chi connectivity index (χ1) is 7.21. The van der Waals surface area contributed by atoms with Crippen LogP contribution in [-0.2, 0) is 11.2 Å². The summed E-state index contributed by atoms with van der Waals surface area (Å²) in [6.07, 6.45) is 0.403. The molecule has 0 bridgehead atoms. The van der Waals surface area contributed by atoms with Gasteiger partial charge >= 0.3 is 0 Å². The van der Waals surface area contributed by atoms with E-state index in [9.17, 15) is 4.79 Å². The van der Waals surface area contributed by atoms with Gasteiger partial charge in [0.25, 0.3) is 0 Å². The van der Waals surface area contributed by atoms with Crippen LogP contribution in [0.5, 0.6) is 0 Å². The van der Waals surface area contributed by atoms with Gasteiger partial charge in [-0.2, -0.15) is 0 Å². The minimum Gasteiger partial charge on any atom is -0.365 e. The van der Waals surface area contributed by atoms with Crippen molar-refractivity contribution >= 4 is 22.4 Å². The van der Waals surface area contributed by atoms with Crippen LogP contribution in [0, 0.1) is 0 Å². The fourth-order valence-electron chi connectivity index (χ4n) is 1.35. The zero-order chi connectivity index (χ0) is 11.3. The molecule has 0 fully saturated rings. The molecule has 0 aliphatic heterocycles. The predicted octanol–water partition coefficient (Wildman–Crippen LogP) is 1.60.